The molecular formula is C8H7ClI3N. The Bertz CT molecular complexity index is 363. The Morgan fingerprint density at radius 3 is 2.46 bits per heavy atom. The Labute approximate surface area is 117 Å². The van der Waals surface area contributed by atoms with E-state index in [0.717, 1.165) is 14.3 Å². The minimum absolute atomic E-state index is 0.764. The Morgan fingerprint density at radius 1 is 1.31 bits per heavy atom. The number of benzene rings is 1. The summed E-state index contributed by atoms with van der Waals surface area (Å²) in [6.07, 6.45) is 0. The summed E-state index contributed by atoms with van der Waals surface area (Å²) in [5.74, 6) is 0. The van der Waals surface area contributed by atoms with Crippen molar-refractivity contribution in [3.05, 3.63) is 21.8 Å². The van der Waals surface area contributed by atoms with Crippen molar-refractivity contribution >= 4 is 82.3 Å². The average molecular weight is 533 g/mol. The van der Waals surface area contributed by atoms with E-state index in [1.165, 1.54) is 16.0 Å². The molecule has 13 heavy (non-hydrogen) atoms. The summed E-state index contributed by atoms with van der Waals surface area (Å²) in [6.45, 7) is 0. The molecule has 0 unspecified atom stereocenters. The first-order valence-corrected chi connectivity index (χ1v) is 10.3. The summed E-state index contributed by atoms with van der Waals surface area (Å²) in [5, 5.41) is 0.764. The number of anilines is 1. The molecular weight excluding hydrogens is 526 g/mol. The third kappa shape index (κ3) is 2.20. The molecule has 0 radical (unpaired) electrons. The fourth-order valence-corrected chi connectivity index (χ4v) is 9.76. The summed E-state index contributed by atoms with van der Waals surface area (Å²) in [7, 11) is 0. The normalized spacial score (nSPS) is 17.6. The van der Waals surface area contributed by atoms with E-state index < -0.39 is 19.8 Å². The second-order valence-electron chi connectivity index (χ2n) is 2.72. The first-order chi connectivity index (χ1) is 6.11. The molecule has 0 atom stereocenters. The van der Waals surface area contributed by atoms with Crippen molar-refractivity contribution in [3.8, 4) is 0 Å². The van der Waals surface area contributed by atoms with Gasteiger partial charge in [0.1, 0.15) is 0 Å². The molecule has 0 aliphatic carbocycles. The third-order valence-corrected chi connectivity index (χ3v) is 10.1. The standard InChI is InChI=1S/C8H7ClI3N/c9-6-4(10)3-5(11)7(8(6)13)12-1-2-12/h3H,1-2,13H2. The van der Waals surface area contributed by atoms with E-state index in [0.29, 0.717) is 0 Å². The van der Waals surface area contributed by atoms with Crippen LogP contribution in [-0.2, 0) is 0 Å². The minimum atomic E-state index is -0.792. The van der Waals surface area contributed by atoms with Gasteiger partial charge in [0, 0.05) is 0 Å². The molecule has 0 aromatic heterocycles. The van der Waals surface area contributed by atoms with Crippen LogP contribution in [0.2, 0.25) is 5.02 Å². The van der Waals surface area contributed by atoms with Gasteiger partial charge in [-0.3, -0.25) is 0 Å². The number of halogens is 4. The monoisotopic (exact) mass is 533 g/mol. The molecule has 1 nitrogen and oxygen atoms in total. The molecule has 1 aromatic carbocycles. The predicted molar refractivity (Wildman–Crippen MR) is 83.7 cm³/mol. The second-order valence-corrected chi connectivity index (χ2v) is 11.3. The van der Waals surface area contributed by atoms with Gasteiger partial charge in [0.2, 0.25) is 0 Å². The van der Waals surface area contributed by atoms with Crippen molar-refractivity contribution in [2.24, 2.45) is 0 Å². The van der Waals surface area contributed by atoms with Gasteiger partial charge in [-0.1, -0.05) is 0 Å². The van der Waals surface area contributed by atoms with Crippen molar-refractivity contribution in [2.75, 3.05) is 14.6 Å². The third-order valence-electron chi connectivity index (χ3n) is 1.79. The van der Waals surface area contributed by atoms with Crippen LogP contribution >= 0.6 is 76.6 Å². The summed E-state index contributed by atoms with van der Waals surface area (Å²) in [4.78, 5) is 0. The Kier molecular flexibility index (Phi) is 3.53. The van der Waals surface area contributed by atoms with Gasteiger partial charge in [-0.25, -0.2) is 0 Å². The number of alkyl halides is 2. The van der Waals surface area contributed by atoms with Crippen LogP contribution in [-0.4, -0.2) is 8.86 Å². The van der Waals surface area contributed by atoms with E-state index in [9.17, 15) is 0 Å². The molecule has 0 bridgehead atoms. The van der Waals surface area contributed by atoms with E-state index in [-0.39, 0.29) is 0 Å². The quantitative estimate of drug-likeness (QED) is 0.253. The molecule has 2 rings (SSSR count). The fourth-order valence-electron chi connectivity index (χ4n) is 1.09. The Hall–Kier alpha value is 1.50. The zero-order valence-electron chi connectivity index (χ0n) is 6.58. The van der Waals surface area contributed by atoms with Crippen molar-refractivity contribution in [2.45, 2.75) is 0 Å². The molecule has 1 aromatic rings. The summed E-state index contributed by atoms with van der Waals surface area (Å²) >= 11 is 9.94. The first-order valence-electron chi connectivity index (χ1n) is 3.66. The van der Waals surface area contributed by atoms with Crippen molar-refractivity contribution in [1.29, 1.82) is 0 Å². The van der Waals surface area contributed by atoms with Crippen LogP contribution in [0.4, 0.5) is 5.69 Å². The predicted octanol–water partition coefficient (Wildman–Crippen LogP) is 3.82. The van der Waals surface area contributed by atoms with Crippen LogP contribution in [0.5, 0.6) is 0 Å². The van der Waals surface area contributed by atoms with Crippen molar-refractivity contribution in [3.63, 3.8) is 0 Å². The van der Waals surface area contributed by atoms with Gasteiger partial charge in [0.15, 0.2) is 0 Å². The fraction of sp³-hybridized carbons (Fsp3) is 0.250. The van der Waals surface area contributed by atoms with E-state index in [1.807, 2.05) is 0 Å². The SMILES string of the molecule is Nc1c(Cl)c(I)cc(I)c1I1CC1. The Morgan fingerprint density at radius 2 is 1.92 bits per heavy atom. The molecule has 1 aliphatic heterocycles. The molecule has 72 valence electrons. The summed E-state index contributed by atoms with van der Waals surface area (Å²) in [5.41, 5.74) is 6.88. The van der Waals surface area contributed by atoms with E-state index >= 15 is 0 Å². The summed E-state index contributed by atoms with van der Waals surface area (Å²) in [6, 6.07) is 2.14. The van der Waals surface area contributed by atoms with Gasteiger partial charge in [-0.2, -0.15) is 0 Å². The second kappa shape index (κ2) is 4.17. The topological polar surface area (TPSA) is 26.0 Å². The maximum atomic E-state index is 6.12. The zero-order valence-corrected chi connectivity index (χ0v) is 13.8. The van der Waals surface area contributed by atoms with Gasteiger partial charge >= 0.3 is 119 Å². The van der Waals surface area contributed by atoms with Crippen LogP contribution in [0.15, 0.2) is 6.07 Å². The molecule has 0 amide bonds. The van der Waals surface area contributed by atoms with Crippen LogP contribution in [0.25, 0.3) is 0 Å². The Balaban J connectivity index is 2.60. The van der Waals surface area contributed by atoms with Crippen LogP contribution < -0.4 is 5.73 Å². The van der Waals surface area contributed by atoms with Crippen molar-refractivity contribution < 1.29 is 0 Å². The van der Waals surface area contributed by atoms with E-state index in [2.05, 4.69) is 51.2 Å². The van der Waals surface area contributed by atoms with Crippen LogP contribution in [0.1, 0.15) is 0 Å². The van der Waals surface area contributed by atoms with Gasteiger partial charge in [-0.15, -0.1) is 0 Å². The molecule has 1 fully saturated rings. The zero-order chi connectivity index (χ0) is 9.59. The molecule has 5 heteroatoms. The van der Waals surface area contributed by atoms with E-state index in [4.69, 9.17) is 17.3 Å². The van der Waals surface area contributed by atoms with Crippen LogP contribution in [0.3, 0.4) is 0 Å². The van der Waals surface area contributed by atoms with Gasteiger partial charge < -0.3 is 0 Å². The van der Waals surface area contributed by atoms with Crippen molar-refractivity contribution in [1.82, 2.24) is 0 Å². The maximum absolute atomic E-state index is 6.12. The first kappa shape index (κ1) is 11.0. The van der Waals surface area contributed by atoms with Gasteiger partial charge in [0.05, 0.1) is 0 Å². The average Bonchev–Trinajstić information content (AvgIpc) is 2.84. The molecule has 0 saturated carbocycles. The number of nitrogen functional groups attached to an aromatic ring is 1. The van der Waals surface area contributed by atoms with E-state index in [1.54, 1.807) is 0 Å². The molecule has 1 aliphatic rings. The molecule has 1 heterocycles. The van der Waals surface area contributed by atoms with Gasteiger partial charge in [-0.05, 0) is 0 Å². The molecule has 0 spiro atoms. The number of hydrogen-bond acceptors (Lipinski definition) is 1. The molecule has 1 saturated heterocycles. The number of rotatable bonds is 1. The van der Waals surface area contributed by atoms with Gasteiger partial charge in [0.25, 0.3) is 0 Å². The summed E-state index contributed by atoms with van der Waals surface area (Å²) < 4.78 is 6.66. The molecule has 2 N–H and O–H groups in total. The number of nitrogens with two attached hydrogens (primary N) is 1. The number of hydrogen-bond donors (Lipinski definition) is 1. The van der Waals surface area contributed by atoms with Crippen LogP contribution in [0, 0.1) is 10.7 Å².